The van der Waals surface area contributed by atoms with Crippen molar-refractivity contribution in [3.05, 3.63) is 72.0 Å². The maximum Gasteiger partial charge on any atom is 0.338 e. The molecule has 0 unspecified atom stereocenters. The minimum atomic E-state index is -0.487. The number of thiazole rings is 1. The van der Waals surface area contributed by atoms with Crippen molar-refractivity contribution in [2.45, 2.75) is 6.92 Å². The largest absolute Gasteiger partial charge is 0.462 e. The van der Waals surface area contributed by atoms with E-state index in [1.807, 2.05) is 19.2 Å². The number of aromatic nitrogens is 1. The van der Waals surface area contributed by atoms with E-state index in [2.05, 4.69) is 20.5 Å². The molecular weight excluding hydrogens is 415 g/mol. The Morgan fingerprint density at radius 3 is 2.61 bits per heavy atom. The fourth-order valence-corrected chi connectivity index (χ4v) is 3.92. The van der Waals surface area contributed by atoms with Gasteiger partial charge in [-0.25, -0.2) is 14.2 Å². The lowest BCUT2D eigenvalue weighted by Crippen LogP contribution is -2.03. The number of rotatable bonds is 6. The molecule has 0 saturated heterocycles. The molecule has 6 nitrogen and oxygen atoms in total. The smallest absolute Gasteiger partial charge is 0.338 e. The van der Waals surface area contributed by atoms with Gasteiger partial charge >= 0.3 is 5.97 Å². The van der Waals surface area contributed by atoms with E-state index < -0.39 is 5.82 Å². The molecule has 1 N–H and O–H groups in total. The molecule has 0 fully saturated rings. The molecule has 31 heavy (non-hydrogen) atoms. The van der Waals surface area contributed by atoms with E-state index in [4.69, 9.17) is 4.74 Å². The summed E-state index contributed by atoms with van der Waals surface area (Å²) >= 11 is 1.38. The third kappa shape index (κ3) is 4.59. The lowest BCUT2D eigenvalue weighted by atomic mass is 10.2. The second-order valence-corrected chi connectivity index (χ2v) is 7.62. The van der Waals surface area contributed by atoms with Crippen LogP contribution in [0.25, 0.3) is 20.8 Å². The Morgan fingerprint density at radius 1 is 1.10 bits per heavy atom. The Morgan fingerprint density at radius 2 is 1.90 bits per heavy atom. The molecule has 0 aliphatic heterocycles. The number of halogens is 1. The Hall–Kier alpha value is -3.65. The van der Waals surface area contributed by atoms with Gasteiger partial charge in [-0.2, -0.15) is 5.11 Å². The van der Waals surface area contributed by atoms with Crippen LogP contribution in [0.1, 0.15) is 17.3 Å². The van der Waals surface area contributed by atoms with Gasteiger partial charge < -0.3 is 10.1 Å². The predicted molar refractivity (Wildman–Crippen MR) is 121 cm³/mol. The van der Waals surface area contributed by atoms with Gasteiger partial charge in [-0.1, -0.05) is 0 Å². The number of esters is 1. The molecule has 1 heterocycles. The minimum absolute atomic E-state index is 0.146. The number of hydrogen-bond donors (Lipinski definition) is 1. The first kappa shape index (κ1) is 20.6. The van der Waals surface area contributed by atoms with Crippen molar-refractivity contribution in [2.75, 3.05) is 19.0 Å². The molecule has 156 valence electrons. The van der Waals surface area contributed by atoms with E-state index in [9.17, 15) is 9.18 Å². The zero-order chi connectivity index (χ0) is 21.8. The first-order valence-corrected chi connectivity index (χ1v) is 10.5. The number of hydrogen-bond acceptors (Lipinski definition) is 7. The van der Waals surface area contributed by atoms with Crippen molar-refractivity contribution in [1.82, 2.24) is 4.98 Å². The molecule has 0 radical (unpaired) electrons. The van der Waals surface area contributed by atoms with Crippen LogP contribution in [0.3, 0.4) is 0 Å². The van der Waals surface area contributed by atoms with Crippen LogP contribution in [0.15, 0.2) is 70.9 Å². The van der Waals surface area contributed by atoms with Gasteiger partial charge in [0.25, 0.3) is 0 Å². The molecule has 4 aromatic rings. The van der Waals surface area contributed by atoms with Crippen LogP contribution in [-0.2, 0) is 4.74 Å². The molecule has 0 aliphatic rings. The van der Waals surface area contributed by atoms with Crippen molar-refractivity contribution < 1.29 is 13.9 Å². The van der Waals surface area contributed by atoms with Gasteiger partial charge in [-0.3, -0.25) is 0 Å². The molecule has 0 spiro atoms. The van der Waals surface area contributed by atoms with Crippen LogP contribution < -0.4 is 5.32 Å². The fraction of sp³-hybridized carbons (Fsp3) is 0.130. The second-order valence-electron chi connectivity index (χ2n) is 6.59. The molecule has 0 bridgehead atoms. The summed E-state index contributed by atoms with van der Waals surface area (Å²) in [5, 5.41) is 11.8. The van der Waals surface area contributed by atoms with Crippen LogP contribution in [0.4, 0.5) is 21.5 Å². The molecule has 8 heteroatoms. The van der Waals surface area contributed by atoms with Crippen molar-refractivity contribution in [1.29, 1.82) is 0 Å². The third-order valence-electron chi connectivity index (χ3n) is 4.52. The van der Waals surface area contributed by atoms with Crippen LogP contribution in [0, 0.1) is 5.82 Å². The number of anilines is 1. The van der Waals surface area contributed by atoms with Crippen molar-refractivity contribution >= 4 is 44.6 Å². The average molecular weight is 434 g/mol. The quantitative estimate of drug-likeness (QED) is 0.269. The first-order chi connectivity index (χ1) is 15.1. The normalized spacial score (nSPS) is 11.2. The van der Waals surface area contributed by atoms with E-state index in [0.29, 0.717) is 28.4 Å². The highest BCUT2D eigenvalue weighted by molar-refractivity contribution is 7.21. The summed E-state index contributed by atoms with van der Waals surface area (Å²) in [7, 11) is 1.83. The first-order valence-electron chi connectivity index (χ1n) is 9.64. The average Bonchev–Trinajstić information content (AvgIpc) is 3.22. The van der Waals surface area contributed by atoms with Gasteiger partial charge in [0, 0.05) is 18.3 Å². The molecule has 0 saturated carbocycles. The number of benzene rings is 3. The maximum atomic E-state index is 14.6. The van der Waals surface area contributed by atoms with E-state index in [-0.39, 0.29) is 11.7 Å². The van der Waals surface area contributed by atoms with Gasteiger partial charge in [-0.15, -0.1) is 16.5 Å². The summed E-state index contributed by atoms with van der Waals surface area (Å²) in [6.07, 6.45) is 0. The standard InChI is InChI=1S/C23H19FN4O2S/c1-3-30-23(29)15-5-11-20-21(13-15)31-22(26-20)14-4-10-19(18(24)12-14)28-27-17-8-6-16(25-2)7-9-17/h4-13,25H,3H2,1-2H3. The lowest BCUT2D eigenvalue weighted by molar-refractivity contribution is 0.0526. The van der Waals surface area contributed by atoms with Crippen molar-refractivity contribution in [2.24, 2.45) is 10.2 Å². The zero-order valence-electron chi connectivity index (χ0n) is 16.9. The van der Waals surface area contributed by atoms with E-state index in [0.717, 1.165) is 15.9 Å². The number of nitrogens with zero attached hydrogens (tertiary/aromatic N) is 3. The van der Waals surface area contributed by atoms with Crippen LogP contribution in [-0.4, -0.2) is 24.6 Å². The second kappa shape index (κ2) is 9.01. The SMILES string of the molecule is CCOC(=O)c1ccc2nc(-c3ccc(N=Nc4ccc(NC)cc4)c(F)c3)sc2c1. The number of fused-ring (bicyclic) bond motifs is 1. The number of azo groups is 1. The van der Waals surface area contributed by atoms with E-state index in [1.54, 1.807) is 49.4 Å². The summed E-state index contributed by atoms with van der Waals surface area (Å²) in [4.78, 5) is 16.5. The maximum absolute atomic E-state index is 14.6. The molecule has 3 aromatic carbocycles. The van der Waals surface area contributed by atoms with Gasteiger partial charge in [0.15, 0.2) is 5.82 Å². The summed E-state index contributed by atoms with van der Waals surface area (Å²) < 4.78 is 20.5. The summed E-state index contributed by atoms with van der Waals surface area (Å²) in [5.74, 6) is -0.861. The highest BCUT2D eigenvalue weighted by Crippen LogP contribution is 2.33. The Balaban J connectivity index is 1.57. The van der Waals surface area contributed by atoms with Crippen LogP contribution in [0.2, 0.25) is 0 Å². The molecule has 0 amide bonds. The monoisotopic (exact) mass is 434 g/mol. The molecule has 0 aliphatic carbocycles. The van der Waals surface area contributed by atoms with Gasteiger partial charge in [-0.05, 0) is 67.6 Å². The van der Waals surface area contributed by atoms with Crippen LogP contribution in [0.5, 0.6) is 0 Å². The highest BCUT2D eigenvalue weighted by atomic mass is 32.1. The van der Waals surface area contributed by atoms with Gasteiger partial charge in [0.1, 0.15) is 10.7 Å². The molecule has 4 rings (SSSR count). The van der Waals surface area contributed by atoms with Gasteiger partial charge in [0.05, 0.1) is 28.1 Å². The number of ether oxygens (including phenoxy) is 1. The Labute approximate surface area is 182 Å². The van der Waals surface area contributed by atoms with Gasteiger partial charge in [0.2, 0.25) is 0 Å². The molecule has 0 atom stereocenters. The third-order valence-corrected chi connectivity index (χ3v) is 5.59. The Bertz CT molecular complexity index is 1270. The number of nitrogens with one attached hydrogen (secondary N) is 1. The topological polar surface area (TPSA) is 75.9 Å². The minimum Gasteiger partial charge on any atom is -0.462 e. The highest BCUT2D eigenvalue weighted by Gasteiger charge is 2.13. The summed E-state index contributed by atoms with van der Waals surface area (Å²) in [5.41, 5.74) is 3.57. The van der Waals surface area contributed by atoms with Crippen molar-refractivity contribution in [3.8, 4) is 10.6 Å². The van der Waals surface area contributed by atoms with E-state index >= 15 is 0 Å². The molecular formula is C23H19FN4O2S. The molecule has 1 aromatic heterocycles. The number of carbonyl (C=O) groups is 1. The fourth-order valence-electron chi connectivity index (χ4n) is 2.92. The Kier molecular flexibility index (Phi) is 5.99. The van der Waals surface area contributed by atoms with Crippen LogP contribution >= 0.6 is 11.3 Å². The summed E-state index contributed by atoms with van der Waals surface area (Å²) in [6.45, 7) is 2.08. The van der Waals surface area contributed by atoms with Crippen molar-refractivity contribution in [3.63, 3.8) is 0 Å². The zero-order valence-corrected chi connectivity index (χ0v) is 17.7. The van der Waals surface area contributed by atoms with E-state index in [1.165, 1.54) is 17.4 Å². The number of carbonyl (C=O) groups excluding carboxylic acids is 1. The summed E-state index contributed by atoms with van der Waals surface area (Å²) in [6, 6.07) is 17.2. The predicted octanol–water partition coefficient (Wildman–Crippen LogP) is 6.74. The lowest BCUT2D eigenvalue weighted by Gasteiger charge is -2.00.